The molecule has 6 nitrogen and oxygen atoms in total. The molecule has 4 aromatic rings. The molecule has 0 spiro atoms. The van der Waals surface area contributed by atoms with Gasteiger partial charge in [-0.05, 0) is 37.1 Å². The van der Waals surface area contributed by atoms with Gasteiger partial charge in [-0.25, -0.2) is 4.98 Å². The number of hydrogen-bond donors (Lipinski definition) is 0. The van der Waals surface area contributed by atoms with Crippen LogP contribution in [0, 0.1) is 0 Å². The van der Waals surface area contributed by atoms with Crippen molar-refractivity contribution in [2.45, 2.75) is 42.6 Å². The number of halogens is 1. The van der Waals surface area contributed by atoms with Crippen molar-refractivity contribution in [3.8, 4) is 11.4 Å². The van der Waals surface area contributed by atoms with Crippen LogP contribution in [-0.2, 0) is 5.75 Å². The monoisotopic (exact) mass is 438 g/mol. The van der Waals surface area contributed by atoms with E-state index in [1.54, 1.807) is 12.1 Å². The summed E-state index contributed by atoms with van der Waals surface area (Å²) in [6.07, 6.45) is 4.29. The smallest absolute Gasteiger partial charge is 0.262 e. The van der Waals surface area contributed by atoms with Crippen LogP contribution >= 0.6 is 23.4 Å². The summed E-state index contributed by atoms with van der Waals surface area (Å²) in [7, 11) is 0. The van der Waals surface area contributed by atoms with Gasteiger partial charge in [-0.1, -0.05) is 65.6 Å². The summed E-state index contributed by atoms with van der Waals surface area (Å²) in [4.78, 5) is 22.5. The van der Waals surface area contributed by atoms with E-state index in [9.17, 15) is 4.79 Å². The average Bonchev–Trinajstić information content (AvgIpc) is 3.45. The van der Waals surface area contributed by atoms with Gasteiger partial charge in [0.1, 0.15) is 0 Å². The maximum atomic E-state index is 13.2. The minimum Gasteiger partial charge on any atom is -0.338 e. The summed E-state index contributed by atoms with van der Waals surface area (Å²) in [5.41, 5.74) is 1.54. The van der Waals surface area contributed by atoms with Crippen LogP contribution in [0.2, 0.25) is 5.02 Å². The predicted octanol–water partition coefficient (Wildman–Crippen LogP) is 5.51. The van der Waals surface area contributed by atoms with Gasteiger partial charge in [0, 0.05) is 16.6 Å². The number of thioether (sulfide) groups is 1. The highest BCUT2D eigenvalue weighted by Gasteiger charge is 2.23. The minimum atomic E-state index is 0.0279. The van der Waals surface area contributed by atoms with Crippen molar-refractivity contribution < 1.29 is 4.52 Å². The number of benzene rings is 2. The van der Waals surface area contributed by atoms with Crippen molar-refractivity contribution in [2.75, 3.05) is 0 Å². The summed E-state index contributed by atoms with van der Waals surface area (Å²) in [5.74, 6) is 1.41. The van der Waals surface area contributed by atoms with Gasteiger partial charge >= 0.3 is 0 Å². The molecule has 0 amide bonds. The highest BCUT2D eigenvalue weighted by atomic mass is 35.5. The highest BCUT2D eigenvalue weighted by Crippen LogP contribution is 2.33. The first-order valence-electron chi connectivity index (χ1n) is 9.91. The molecule has 0 unspecified atom stereocenters. The Hall–Kier alpha value is -2.64. The Kier molecular flexibility index (Phi) is 5.31. The van der Waals surface area contributed by atoms with E-state index in [0.29, 0.717) is 38.5 Å². The standard InChI is InChI=1S/C22H19ClN4O2S/c23-15-7-5-6-14(12-15)20-25-19(29-26-20)13-30-22-24-18-11-4-3-10-17(18)21(28)27(22)16-8-1-2-9-16/h3-7,10-12,16H,1-2,8-9,13H2. The van der Waals surface area contributed by atoms with E-state index in [4.69, 9.17) is 21.1 Å². The zero-order valence-electron chi connectivity index (χ0n) is 16.1. The number of nitrogens with zero attached hydrogens (tertiary/aromatic N) is 4. The molecule has 5 rings (SSSR count). The van der Waals surface area contributed by atoms with Crippen LogP contribution in [0.3, 0.4) is 0 Å². The Bertz CT molecular complexity index is 1260. The van der Waals surface area contributed by atoms with Crippen molar-refractivity contribution in [2.24, 2.45) is 0 Å². The van der Waals surface area contributed by atoms with Crippen molar-refractivity contribution in [1.29, 1.82) is 0 Å². The molecule has 0 atom stereocenters. The van der Waals surface area contributed by atoms with Gasteiger partial charge in [-0.3, -0.25) is 9.36 Å². The number of aromatic nitrogens is 4. The first-order chi connectivity index (χ1) is 14.7. The molecule has 0 bridgehead atoms. The van der Waals surface area contributed by atoms with E-state index in [0.717, 1.165) is 31.2 Å². The van der Waals surface area contributed by atoms with E-state index in [1.807, 2.05) is 41.0 Å². The van der Waals surface area contributed by atoms with Crippen LogP contribution in [0.1, 0.15) is 37.6 Å². The van der Waals surface area contributed by atoms with Crippen LogP contribution < -0.4 is 5.56 Å². The third kappa shape index (κ3) is 3.75. The molecule has 1 saturated carbocycles. The summed E-state index contributed by atoms with van der Waals surface area (Å²) in [6.45, 7) is 0. The fourth-order valence-electron chi connectivity index (χ4n) is 3.90. The van der Waals surface area contributed by atoms with E-state index in [-0.39, 0.29) is 11.6 Å². The van der Waals surface area contributed by atoms with Crippen LogP contribution in [0.15, 0.2) is 63.0 Å². The normalized spacial score (nSPS) is 14.6. The second-order valence-electron chi connectivity index (χ2n) is 7.34. The lowest BCUT2D eigenvalue weighted by molar-refractivity contribution is 0.391. The second-order valence-corrected chi connectivity index (χ2v) is 8.71. The second kappa shape index (κ2) is 8.24. The van der Waals surface area contributed by atoms with Gasteiger partial charge in [0.15, 0.2) is 5.16 Å². The summed E-state index contributed by atoms with van der Waals surface area (Å²) in [5, 5.41) is 6.04. The Labute approximate surface area is 182 Å². The molecule has 0 saturated heterocycles. The van der Waals surface area contributed by atoms with Gasteiger partial charge in [0.2, 0.25) is 11.7 Å². The molecule has 1 fully saturated rings. The van der Waals surface area contributed by atoms with Gasteiger partial charge in [-0.15, -0.1) is 0 Å². The summed E-state index contributed by atoms with van der Waals surface area (Å²) in [6, 6.07) is 15.0. The third-order valence-electron chi connectivity index (χ3n) is 5.34. The molecule has 2 aromatic heterocycles. The van der Waals surface area contributed by atoms with E-state index < -0.39 is 0 Å². The molecular formula is C22H19ClN4O2S. The topological polar surface area (TPSA) is 73.8 Å². The third-order valence-corrected chi connectivity index (χ3v) is 6.51. The fourth-order valence-corrected chi connectivity index (χ4v) is 4.99. The van der Waals surface area contributed by atoms with E-state index >= 15 is 0 Å². The predicted molar refractivity (Wildman–Crippen MR) is 118 cm³/mol. The summed E-state index contributed by atoms with van der Waals surface area (Å²) >= 11 is 7.51. The van der Waals surface area contributed by atoms with Crippen molar-refractivity contribution in [1.82, 2.24) is 19.7 Å². The first kappa shape index (κ1) is 19.3. The molecule has 152 valence electrons. The van der Waals surface area contributed by atoms with Crippen LogP contribution in [-0.4, -0.2) is 19.7 Å². The maximum Gasteiger partial charge on any atom is 0.262 e. The largest absolute Gasteiger partial charge is 0.338 e. The van der Waals surface area contributed by atoms with Gasteiger partial charge in [0.05, 0.1) is 16.7 Å². The molecule has 0 aliphatic heterocycles. The van der Waals surface area contributed by atoms with Crippen LogP contribution in [0.4, 0.5) is 0 Å². The fraction of sp³-hybridized carbons (Fsp3) is 0.273. The lowest BCUT2D eigenvalue weighted by Gasteiger charge is -2.18. The van der Waals surface area contributed by atoms with E-state index in [1.165, 1.54) is 11.8 Å². The number of fused-ring (bicyclic) bond motifs is 1. The number of rotatable bonds is 5. The Balaban J connectivity index is 1.45. The zero-order chi connectivity index (χ0) is 20.5. The molecule has 2 heterocycles. The minimum absolute atomic E-state index is 0.0279. The lowest BCUT2D eigenvalue weighted by Crippen LogP contribution is -2.26. The van der Waals surface area contributed by atoms with Crippen molar-refractivity contribution >= 4 is 34.3 Å². The van der Waals surface area contributed by atoms with Gasteiger partial charge < -0.3 is 4.52 Å². The molecule has 1 aliphatic rings. The number of hydrogen-bond acceptors (Lipinski definition) is 6. The highest BCUT2D eigenvalue weighted by molar-refractivity contribution is 7.98. The van der Waals surface area contributed by atoms with Gasteiger partial charge in [0.25, 0.3) is 5.56 Å². The molecule has 0 N–H and O–H groups in total. The molecule has 8 heteroatoms. The molecule has 2 aromatic carbocycles. The maximum absolute atomic E-state index is 13.2. The Morgan fingerprint density at radius 2 is 1.93 bits per heavy atom. The molecule has 0 radical (unpaired) electrons. The zero-order valence-corrected chi connectivity index (χ0v) is 17.7. The van der Waals surface area contributed by atoms with Crippen molar-refractivity contribution in [3.05, 3.63) is 69.8 Å². The van der Waals surface area contributed by atoms with Gasteiger partial charge in [-0.2, -0.15) is 4.98 Å². The van der Waals surface area contributed by atoms with Crippen LogP contribution in [0.25, 0.3) is 22.3 Å². The Morgan fingerprint density at radius 1 is 1.10 bits per heavy atom. The van der Waals surface area contributed by atoms with Crippen molar-refractivity contribution in [3.63, 3.8) is 0 Å². The SMILES string of the molecule is O=c1c2ccccc2nc(SCc2nc(-c3cccc(Cl)c3)no2)n1C1CCCC1. The molecule has 30 heavy (non-hydrogen) atoms. The Morgan fingerprint density at radius 3 is 2.77 bits per heavy atom. The summed E-state index contributed by atoms with van der Waals surface area (Å²) < 4.78 is 7.29. The molecular weight excluding hydrogens is 420 g/mol. The quantitative estimate of drug-likeness (QED) is 0.302. The molecule has 1 aliphatic carbocycles. The van der Waals surface area contributed by atoms with E-state index in [2.05, 4.69) is 10.1 Å². The lowest BCUT2D eigenvalue weighted by atomic mass is 10.2. The van der Waals surface area contributed by atoms with Crippen LogP contribution in [0.5, 0.6) is 0 Å². The average molecular weight is 439 g/mol. The first-order valence-corrected chi connectivity index (χ1v) is 11.3. The number of para-hydroxylation sites is 1.